The molecule has 3 rings (SSSR count). The molecule has 1 unspecified atom stereocenters. The molecule has 1 atom stereocenters. The van der Waals surface area contributed by atoms with Gasteiger partial charge in [-0.3, -0.25) is 9.59 Å². The Hall–Kier alpha value is -2.90. The van der Waals surface area contributed by atoms with Gasteiger partial charge in [0.05, 0.1) is 6.61 Å². The molecule has 7 nitrogen and oxygen atoms in total. The second-order valence-corrected chi connectivity index (χ2v) is 8.11. The number of rotatable bonds is 8. The van der Waals surface area contributed by atoms with Crippen molar-refractivity contribution in [1.29, 1.82) is 0 Å². The Morgan fingerprint density at radius 1 is 1.03 bits per heavy atom. The van der Waals surface area contributed by atoms with Crippen molar-refractivity contribution in [3.8, 4) is 5.75 Å². The fourth-order valence-corrected chi connectivity index (χ4v) is 3.61. The van der Waals surface area contributed by atoms with Crippen LogP contribution in [0.15, 0.2) is 48.5 Å². The molecule has 2 N–H and O–H groups in total. The molecule has 1 fully saturated rings. The van der Waals surface area contributed by atoms with Crippen molar-refractivity contribution in [3.63, 3.8) is 0 Å². The SMILES string of the molecule is CCCCOc1ccc(C(=O)N(N)C(=O)c2ccc(N3CCC(N(C)C)C3)cc2)cc1. The lowest BCUT2D eigenvalue weighted by Gasteiger charge is -2.22. The Balaban J connectivity index is 1.61. The molecule has 31 heavy (non-hydrogen) atoms. The van der Waals surface area contributed by atoms with E-state index in [0.717, 1.165) is 38.0 Å². The van der Waals surface area contributed by atoms with Gasteiger partial charge in [0.15, 0.2) is 0 Å². The highest BCUT2D eigenvalue weighted by Gasteiger charge is 2.25. The molecule has 7 heteroatoms. The molecule has 0 radical (unpaired) electrons. The van der Waals surface area contributed by atoms with Gasteiger partial charge in [-0.05, 0) is 75.5 Å². The zero-order valence-electron chi connectivity index (χ0n) is 18.6. The first kappa shape index (κ1) is 22.8. The number of anilines is 1. The van der Waals surface area contributed by atoms with Gasteiger partial charge in [0.2, 0.25) is 0 Å². The summed E-state index contributed by atoms with van der Waals surface area (Å²) in [5.41, 5.74) is 1.78. The number of imide groups is 1. The van der Waals surface area contributed by atoms with Gasteiger partial charge in [0, 0.05) is 35.9 Å². The maximum Gasteiger partial charge on any atom is 0.275 e. The van der Waals surface area contributed by atoms with Gasteiger partial charge in [-0.2, -0.15) is 0 Å². The molecule has 0 saturated carbocycles. The maximum absolute atomic E-state index is 12.7. The highest BCUT2D eigenvalue weighted by Crippen LogP contribution is 2.23. The van der Waals surface area contributed by atoms with Crippen LogP contribution in [-0.4, -0.2) is 61.6 Å². The Morgan fingerprint density at radius 2 is 1.61 bits per heavy atom. The monoisotopic (exact) mass is 424 g/mol. The number of benzene rings is 2. The van der Waals surface area contributed by atoms with E-state index in [2.05, 4.69) is 30.8 Å². The summed E-state index contributed by atoms with van der Waals surface area (Å²) in [4.78, 5) is 29.9. The van der Waals surface area contributed by atoms with E-state index in [-0.39, 0.29) is 0 Å². The molecular formula is C24H32N4O3. The average Bonchev–Trinajstić information content (AvgIpc) is 3.29. The highest BCUT2D eigenvalue weighted by molar-refractivity contribution is 6.09. The van der Waals surface area contributed by atoms with E-state index in [9.17, 15) is 9.59 Å². The fraction of sp³-hybridized carbons (Fsp3) is 0.417. The largest absolute Gasteiger partial charge is 0.494 e. The van der Waals surface area contributed by atoms with Crippen LogP contribution in [0.5, 0.6) is 5.75 Å². The summed E-state index contributed by atoms with van der Waals surface area (Å²) in [5, 5.41) is 0.667. The first-order valence-corrected chi connectivity index (χ1v) is 10.8. The van der Waals surface area contributed by atoms with Crippen molar-refractivity contribution in [1.82, 2.24) is 9.91 Å². The fourth-order valence-electron chi connectivity index (χ4n) is 3.61. The van der Waals surface area contributed by atoms with Crippen molar-refractivity contribution in [2.24, 2.45) is 5.84 Å². The summed E-state index contributed by atoms with van der Waals surface area (Å²) in [7, 11) is 4.19. The first-order chi connectivity index (χ1) is 14.9. The number of nitrogens with zero attached hydrogens (tertiary/aromatic N) is 3. The smallest absolute Gasteiger partial charge is 0.275 e. The number of carbonyl (C=O) groups is 2. The van der Waals surface area contributed by atoms with Crippen LogP contribution in [0.2, 0.25) is 0 Å². The molecule has 1 saturated heterocycles. The number of amides is 2. The summed E-state index contributed by atoms with van der Waals surface area (Å²) >= 11 is 0. The highest BCUT2D eigenvalue weighted by atomic mass is 16.5. The van der Waals surface area contributed by atoms with Crippen molar-refractivity contribution >= 4 is 17.5 Å². The molecular weight excluding hydrogens is 392 g/mol. The van der Waals surface area contributed by atoms with E-state index < -0.39 is 11.8 Å². The Morgan fingerprint density at radius 3 is 2.13 bits per heavy atom. The Bertz CT molecular complexity index is 881. The molecule has 1 heterocycles. The standard InChI is InChI=1S/C24H32N4O3/c1-4-5-16-31-22-12-8-19(9-13-22)24(30)28(25)23(29)18-6-10-20(11-7-18)27-15-14-21(17-27)26(2)3/h6-13,21H,4-5,14-17,25H2,1-3H3. The number of hydrazine groups is 1. The molecule has 2 aromatic rings. The van der Waals surface area contributed by atoms with Gasteiger partial charge in [-0.15, -0.1) is 0 Å². The van der Waals surface area contributed by atoms with Crippen molar-refractivity contribution in [3.05, 3.63) is 59.7 Å². The van der Waals surface area contributed by atoms with Gasteiger partial charge < -0.3 is 14.5 Å². The number of nitrogens with two attached hydrogens (primary N) is 1. The van der Waals surface area contributed by atoms with Gasteiger partial charge in [-0.1, -0.05) is 13.3 Å². The molecule has 1 aliphatic rings. The Labute approximate surface area is 184 Å². The van der Waals surface area contributed by atoms with Crippen LogP contribution in [0.4, 0.5) is 5.69 Å². The second kappa shape index (κ2) is 10.4. The van der Waals surface area contributed by atoms with Crippen LogP contribution < -0.4 is 15.5 Å². The molecule has 166 valence electrons. The topological polar surface area (TPSA) is 79.1 Å². The first-order valence-electron chi connectivity index (χ1n) is 10.8. The number of hydrogen-bond acceptors (Lipinski definition) is 6. The van der Waals surface area contributed by atoms with Gasteiger partial charge >= 0.3 is 0 Å². The van der Waals surface area contributed by atoms with Crippen molar-refractivity contribution in [2.75, 3.05) is 38.7 Å². The zero-order chi connectivity index (χ0) is 22.4. The van der Waals surface area contributed by atoms with Gasteiger partial charge in [-0.25, -0.2) is 10.9 Å². The minimum Gasteiger partial charge on any atom is -0.494 e. The minimum absolute atomic E-state index is 0.335. The molecule has 0 bridgehead atoms. The predicted molar refractivity (Wildman–Crippen MR) is 122 cm³/mol. The maximum atomic E-state index is 12.7. The summed E-state index contributed by atoms with van der Waals surface area (Å²) in [5.74, 6) is 5.46. The summed E-state index contributed by atoms with van der Waals surface area (Å²) in [6.07, 6.45) is 3.14. The third kappa shape index (κ3) is 5.62. The predicted octanol–water partition coefficient (Wildman–Crippen LogP) is 3.16. The van der Waals surface area contributed by atoms with E-state index >= 15 is 0 Å². The average molecular weight is 425 g/mol. The third-order valence-electron chi connectivity index (χ3n) is 5.68. The van der Waals surface area contributed by atoms with Crippen LogP contribution in [0.1, 0.15) is 46.9 Å². The molecule has 0 spiro atoms. The molecule has 2 aromatic carbocycles. The lowest BCUT2D eigenvalue weighted by Crippen LogP contribution is -2.42. The van der Waals surface area contributed by atoms with E-state index in [1.165, 1.54) is 0 Å². The quantitative estimate of drug-likeness (QED) is 0.231. The van der Waals surface area contributed by atoms with E-state index in [1.54, 1.807) is 36.4 Å². The number of hydrogen-bond donors (Lipinski definition) is 1. The third-order valence-corrected chi connectivity index (χ3v) is 5.68. The molecule has 1 aliphatic heterocycles. The van der Waals surface area contributed by atoms with Crippen LogP contribution in [0, 0.1) is 0 Å². The van der Waals surface area contributed by atoms with Crippen molar-refractivity contribution in [2.45, 2.75) is 32.2 Å². The molecule has 0 aromatic heterocycles. The summed E-state index contributed by atoms with van der Waals surface area (Å²) in [6.45, 7) is 4.67. The number of likely N-dealkylation sites (N-methyl/N-ethyl adjacent to an activating group) is 1. The van der Waals surface area contributed by atoms with E-state index in [4.69, 9.17) is 10.6 Å². The normalized spacial score (nSPS) is 15.9. The zero-order valence-corrected chi connectivity index (χ0v) is 18.6. The van der Waals surface area contributed by atoms with Crippen molar-refractivity contribution < 1.29 is 14.3 Å². The number of unbranched alkanes of at least 4 members (excludes halogenated alkanes) is 1. The van der Waals surface area contributed by atoms with E-state index in [1.807, 2.05) is 12.1 Å². The van der Waals surface area contributed by atoms with E-state index in [0.29, 0.717) is 34.5 Å². The van der Waals surface area contributed by atoms with Gasteiger partial charge in [0.25, 0.3) is 11.8 Å². The Kier molecular flexibility index (Phi) is 7.65. The minimum atomic E-state index is -0.553. The second-order valence-electron chi connectivity index (χ2n) is 8.11. The number of carbonyl (C=O) groups excluding carboxylic acids is 2. The van der Waals surface area contributed by atoms with Crippen LogP contribution in [0.25, 0.3) is 0 Å². The van der Waals surface area contributed by atoms with Crippen LogP contribution in [-0.2, 0) is 0 Å². The molecule has 2 amide bonds. The van der Waals surface area contributed by atoms with Crippen LogP contribution >= 0.6 is 0 Å². The van der Waals surface area contributed by atoms with Crippen LogP contribution in [0.3, 0.4) is 0 Å². The summed E-state index contributed by atoms with van der Waals surface area (Å²) in [6, 6.07) is 14.5. The van der Waals surface area contributed by atoms with Gasteiger partial charge in [0.1, 0.15) is 5.75 Å². The summed E-state index contributed by atoms with van der Waals surface area (Å²) < 4.78 is 5.60. The molecule has 0 aliphatic carbocycles. The number of ether oxygens (including phenoxy) is 1. The lowest BCUT2D eigenvalue weighted by molar-refractivity contribution is 0.0615. The lowest BCUT2D eigenvalue weighted by atomic mass is 10.1.